The van der Waals surface area contributed by atoms with E-state index in [9.17, 15) is 4.79 Å². The summed E-state index contributed by atoms with van der Waals surface area (Å²) >= 11 is 1.65. The lowest BCUT2D eigenvalue weighted by molar-refractivity contribution is -0.118. The molecule has 0 radical (unpaired) electrons. The van der Waals surface area contributed by atoms with Crippen LogP contribution in [-0.2, 0) is 17.6 Å². The van der Waals surface area contributed by atoms with Crippen LogP contribution < -0.4 is 4.90 Å². The zero-order valence-electron chi connectivity index (χ0n) is 13.2. The summed E-state index contributed by atoms with van der Waals surface area (Å²) in [6.07, 6.45) is 3.68. The third kappa shape index (κ3) is 3.22. The highest BCUT2D eigenvalue weighted by atomic mass is 32.1. The number of nitrogens with zero attached hydrogens (tertiary/aromatic N) is 2. The minimum Gasteiger partial charge on any atom is -0.312 e. The summed E-state index contributed by atoms with van der Waals surface area (Å²) in [7, 11) is 0. The number of hydrogen-bond acceptors (Lipinski definition) is 3. The van der Waals surface area contributed by atoms with Gasteiger partial charge >= 0.3 is 0 Å². The van der Waals surface area contributed by atoms with E-state index in [1.165, 1.54) is 5.56 Å². The zero-order valence-corrected chi connectivity index (χ0v) is 14.0. The summed E-state index contributed by atoms with van der Waals surface area (Å²) < 4.78 is 0. The Morgan fingerprint density at radius 3 is 2.91 bits per heavy atom. The van der Waals surface area contributed by atoms with Crippen LogP contribution in [0.2, 0.25) is 0 Å². The van der Waals surface area contributed by atoms with E-state index < -0.39 is 0 Å². The molecule has 2 aromatic rings. The van der Waals surface area contributed by atoms with Gasteiger partial charge in [0.15, 0.2) is 0 Å². The van der Waals surface area contributed by atoms with Crippen LogP contribution in [0.4, 0.5) is 5.69 Å². The van der Waals surface area contributed by atoms with Crippen molar-refractivity contribution in [2.45, 2.75) is 45.4 Å². The van der Waals surface area contributed by atoms with Gasteiger partial charge in [-0.25, -0.2) is 4.98 Å². The van der Waals surface area contributed by atoms with Crippen molar-refractivity contribution in [3.05, 3.63) is 45.9 Å². The van der Waals surface area contributed by atoms with Crippen molar-refractivity contribution in [2.24, 2.45) is 0 Å². The van der Waals surface area contributed by atoms with E-state index in [2.05, 4.69) is 37.0 Å². The van der Waals surface area contributed by atoms with Crippen molar-refractivity contribution in [1.82, 2.24) is 4.98 Å². The molecule has 2 heterocycles. The molecule has 3 rings (SSSR count). The largest absolute Gasteiger partial charge is 0.312 e. The predicted octanol–water partition coefficient (Wildman–Crippen LogP) is 4.18. The van der Waals surface area contributed by atoms with Gasteiger partial charge in [0.05, 0.1) is 17.1 Å². The molecular formula is C18H22N2OS. The van der Waals surface area contributed by atoms with Crippen LogP contribution in [0.1, 0.15) is 48.9 Å². The number of amides is 1. The maximum Gasteiger partial charge on any atom is 0.233 e. The Balaban J connectivity index is 1.79. The zero-order chi connectivity index (χ0) is 15.5. The molecule has 0 fully saturated rings. The van der Waals surface area contributed by atoms with Crippen molar-refractivity contribution in [1.29, 1.82) is 0 Å². The van der Waals surface area contributed by atoms with Gasteiger partial charge in [0.1, 0.15) is 0 Å². The molecule has 0 N–H and O–H groups in total. The van der Waals surface area contributed by atoms with Crippen molar-refractivity contribution < 1.29 is 4.79 Å². The van der Waals surface area contributed by atoms with Gasteiger partial charge in [-0.1, -0.05) is 32.0 Å². The fourth-order valence-electron chi connectivity index (χ4n) is 2.87. The molecule has 1 aliphatic heterocycles. The van der Waals surface area contributed by atoms with E-state index in [0.29, 0.717) is 12.3 Å². The highest BCUT2D eigenvalue weighted by Crippen LogP contribution is 2.27. The molecule has 1 aromatic carbocycles. The molecule has 116 valence electrons. The number of thiazole rings is 1. The molecule has 0 bridgehead atoms. The molecule has 0 aliphatic carbocycles. The smallest absolute Gasteiger partial charge is 0.233 e. The first kappa shape index (κ1) is 15.2. The van der Waals surface area contributed by atoms with Crippen molar-refractivity contribution in [2.75, 3.05) is 11.4 Å². The first-order valence-electron chi connectivity index (χ1n) is 7.97. The van der Waals surface area contributed by atoms with Gasteiger partial charge in [-0.2, -0.15) is 0 Å². The average Bonchev–Trinajstić information content (AvgIpc) is 2.86. The highest BCUT2D eigenvalue weighted by molar-refractivity contribution is 7.09. The number of fused-ring (bicyclic) bond motifs is 1. The second-order valence-electron chi connectivity index (χ2n) is 6.14. The number of carbonyl (C=O) groups excluding carboxylic acids is 1. The maximum absolute atomic E-state index is 12.8. The van der Waals surface area contributed by atoms with E-state index in [0.717, 1.165) is 42.2 Å². The van der Waals surface area contributed by atoms with E-state index in [1.807, 2.05) is 16.3 Å². The molecule has 0 atom stereocenters. The Labute approximate surface area is 136 Å². The van der Waals surface area contributed by atoms with Crippen LogP contribution in [0.5, 0.6) is 0 Å². The average molecular weight is 314 g/mol. The number of benzene rings is 1. The van der Waals surface area contributed by atoms with Gasteiger partial charge in [-0.3, -0.25) is 4.79 Å². The van der Waals surface area contributed by atoms with Crippen LogP contribution in [-0.4, -0.2) is 17.4 Å². The summed E-state index contributed by atoms with van der Waals surface area (Å²) in [5.74, 6) is 0.586. The number of para-hydroxylation sites is 1. The molecule has 1 aromatic heterocycles. The second kappa shape index (κ2) is 6.61. The summed E-state index contributed by atoms with van der Waals surface area (Å²) in [6.45, 7) is 5.09. The second-order valence-corrected chi connectivity index (χ2v) is 7.03. The molecule has 0 saturated heterocycles. The third-order valence-corrected chi connectivity index (χ3v) is 5.25. The molecular weight excluding hydrogens is 292 g/mol. The van der Waals surface area contributed by atoms with Gasteiger partial charge in [-0.05, 0) is 30.9 Å². The van der Waals surface area contributed by atoms with Crippen LogP contribution >= 0.6 is 11.3 Å². The van der Waals surface area contributed by atoms with Crippen LogP contribution in [0, 0.1) is 0 Å². The predicted molar refractivity (Wildman–Crippen MR) is 91.6 cm³/mol. The Morgan fingerprint density at radius 1 is 1.32 bits per heavy atom. The van der Waals surface area contributed by atoms with Gasteiger partial charge in [-0.15, -0.1) is 11.3 Å². The van der Waals surface area contributed by atoms with E-state index >= 15 is 0 Å². The SMILES string of the molecule is CC(C)c1nc(CC(=O)N2CCCCc3ccccc32)cs1. The first-order valence-corrected chi connectivity index (χ1v) is 8.85. The van der Waals surface area contributed by atoms with Gasteiger partial charge in [0.25, 0.3) is 0 Å². The third-order valence-electron chi connectivity index (χ3n) is 4.06. The van der Waals surface area contributed by atoms with E-state index in [1.54, 1.807) is 11.3 Å². The molecule has 22 heavy (non-hydrogen) atoms. The highest BCUT2D eigenvalue weighted by Gasteiger charge is 2.21. The summed E-state index contributed by atoms with van der Waals surface area (Å²) in [6, 6.07) is 8.28. The molecule has 0 spiro atoms. The Morgan fingerprint density at radius 2 is 2.14 bits per heavy atom. The molecule has 0 saturated carbocycles. The lowest BCUT2D eigenvalue weighted by atomic mass is 10.1. The molecule has 3 nitrogen and oxygen atoms in total. The lowest BCUT2D eigenvalue weighted by Gasteiger charge is -2.22. The molecule has 0 unspecified atom stereocenters. The number of aryl methyl sites for hydroxylation is 1. The monoisotopic (exact) mass is 314 g/mol. The van der Waals surface area contributed by atoms with E-state index in [-0.39, 0.29) is 5.91 Å². The number of rotatable bonds is 3. The van der Waals surface area contributed by atoms with Gasteiger partial charge < -0.3 is 4.90 Å². The standard InChI is InChI=1S/C18H22N2OS/c1-13(2)18-19-15(12-22-18)11-17(21)20-10-6-5-8-14-7-3-4-9-16(14)20/h3-4,7,9,12-13H,5-6,8,10-11H2,1-2H3. The van der Waals surface area contributed by atoms with E-state index in [4.69, 9.17) is 0 Å². The normalized spacial score (nSPS) is 14.8. The Bertz CT molecular complexity index is 663. The fourth-order valence-corrected chi connectivity index (χ4v) is 3.70. The molecule has 1 aliphatic rings. The molecule has 1 amide bonds. The quantitative estimate of drug-likeness (QED) is 0.851. The van der Waals surface area contributed by atoms with Gasteiger partial charge in [0, 0.05) is 23.5 Å². The minimum absolute atomic E-state index is 0.162. The summed E-state index contributed by atoms with van der Waals surface area (Å²) in [4.78, 5) is 19.3. The number of aromatic nitrogens is 1. The maximum atomic E-state index is 12.8. The van der Waals surface area contributed by atoms with Crippen molar-refractivity contribution in [3.63, 3.8) is 0 Å². The lowest BCUT2D eigenvalue weighted by Crippen LogP contribution is -2.33. The topological polar surface area (TPSA) is 33.2 Å². The van der Waals surface area contributed by atoms with Crippen LogP contribution in [0.25, 0.3) is 0 Å². The number of carbonyl (C=O) groups is 1. The summed E-state index contributed by atoms with van der Waals surface area (Å²) in [5, 5.41) is 3.14. The van der Waals surface area contributed by atoms with Crippen molar-refractivity contribution >= 4 is 22.9 Å². The van der Waals surface area contributed by atoms with Crippen molar-refractivity contribution in [3.8, 4) is 0 Å². The fraction of sp³-hybridized carbons (Fsp3) is 0.444. The summed E-state index contributed by atoms with van der Waals surface area (Å²) in [5.41, 5.74) is 3.28. The Hall–Kier alpha value is -1.68. The van der Waals surface area contributed by atoms with Gasteiger partial charge in [0.2, 0.25) is 5.91 Å². The first-order chi connectivity index (χ1) is 10.6. The number of anilines is 1. The van der Waals surface area contributed by atoms with Crippen LogP contribution in [0.15, 0.2) is 29.6 Å². The number of hydrogen-bond donors (Lipinski definition) is 0. The van der Waals surface area contributed by atoms with Crippen LogP contribution in [0.3, 0.4) is 0 Å². The Kier molecular flexibility index (Phi) is 4.57. The molecule has 4 heteroatoms. The minimum atomic E-state index is 0.162.